The van der Waals surface area contributed by atoms with E-state index in [0.29, 0.717) is 5.57 Å². The third-order valence-electron chi connectivity index (χ3n) is 12.7. The van der Waals surface area contributed by atoms with Crippen molar-refractivity contribution in [2.24, 2.45) is 22.2 Å². The maximum Gasteiger partial charge on any atom is 0.176 e. The van der Waals surface area contributed by atoms with Crippen LogP contribution in [0.25, 0.3) is 5.57 Å². The maximum atomic E-state index is 14.4. The minimum absolute atomic E-state index is 0. The molecule has 5 rings (SSSR count). The Balaban J connectivity index is 0.00000423. The smallest absolute Gasteiger partial charge is 0.176 e. The second-order valence-corrected chi connectivity index (χ2v) is 14.5. The van der Waals surface area contributed by atoms with Crippen molar-refractivity contribution in [1.82, 2.24) is 0 Å². The fourth-order valence-corrected chi connectivity index (χ4v) is 9.66. The molecule has 0 bridgehead atoms. The van der Waals surface area contributed by atoms with Gasteiger partial charge in [0.25, 0.3) is 0 Å². The lowest BCUT2D eigenvalue weighted by molar-refractivity contribution is -0.139. The lowest BCUT2D eigenvalue weighted by Crippen LogP contribution is -2.61. The molecular formula is C41H54O2. The Bertz CT molecular complexity index is 1580. The predicted octanol–water partition coefficient (Wildman–Crippen LogP) is 10.8. The van der Waals surface area contributed by atoms with Crippen LogP contribution in [0.1, 0.15) is 124 Å². The molecule has 4 aliphatic rings. The number of rotatable bonds is 6. The van der Waals surface area contributed by atoms with Gasteiger partial charge in [-0.25, -0.2) is 0 Å². The van der Waals surface area contributed by atoms with Crippen LogP contribution in [0.3, 0.4) is 0 Å². The van der Waals surface area contributed by atoms with Crippen LogP contribution < -0.4 is 0 Å². The molecule has 4 aliphatic carbocycles. The highest BCUT2D eigenvalue weighted by atomic mass is 16.1. The van der Waals surface area contributed by atoms with E-state index < -0.39 is 5.41 Å². The molecule has 0 saturated heterocycles. The molecule has 2 heteroatoms. The second kappa shape index (κ2) is 10.9. The summed E-state index contributed by atoms with van der Waals surface area (Å²) in [7, 11) is 0. The molecule has 5 atom stereocenters. The Morgan fingerprint density at radius 3 is 2.35 bits per heavy atom. The van der Waals surface area contributed by atoms with E-state index in [1.54, 1.807) is 6.92 Å². The summed E-state index contributed by atoms with van der Waals surface area (Å²) >= 11 is 0. The zero-order chi connectivity index (χ0) is 31.1. The second-order valence-electron chi connectivity index (χ2n) is 14.5. The number of hydrogen-bond acceptors (Lipinski definition) is 2. The first-order chi connectivity index (χ1) is 19.6. The van der Waals surface area contributed by atoms with Gasteiger partial charge in [0.05, 0.1) is 11.0 Å². The molecule has 0 radical (unpaired) electrons. The van der Waals surface area contributed by atoms with Crippen LogP contribution in [0.2, 0.25) is 0 Å². The standard InChI is InChI=1S/C40H50O2.CH4/c1-13-14-22(2)31-16-15-30(19-31)20-32-17-18-33-26(6)39(11)29(9)38(10)21-23(3)34(28(8)41)37(42)40(38,12)27(7)36(39)25(5)35(33)24(32)4;/h16-19,26,29H,2,5,13-15,20-21H2,1,3-4,6-12H3;1H4/t26-,29+,38+,39-,40+;/m1./s1. The van der Waals surface area contributed by atoms with E-state index in [4.69, 9.17) is 6.58 Å². The molecule has 0 aliphatic heterocycles. The Kier molecular flexibility index (Phi) is 8.31. The van der Waals surface area contributed by atoms with Crippen molar-refractivity contribution >= 4 is 17.1 Å². The highest BCUT2D eigenvalue weighted by molar-refractivity contribution is 6.23. The van der Waals surface area contributed by atoms with Gasteiger partial charge < -0.3 is 0 Å². The summed E-state index contributed by atoms with van der Waals surface area (Å²) in [6.45, 7) is 30.8. The maximum absolute atomic E-state index is 14.4. The zero-order valence-electron chi connectivity index (χ0n) is 27.7. The van der Waals surface area contributed by atoms with E-state index in [9.17, 15) is 9.59 Å². The fourth-order valence-electron chi connectivity index (χ4n) is 9.66. The van der Waals surface area contributed by atoms with Crippen LogP contribution in [0.15, 0.2) is 76.5 Å². The molecule has 0 N–H and O–H groups in total. The quantitative estimate of drug-likeness (QED) is 0.315. The molecule has 0 fully saturated rings. The third-order valence-corrected chi connectivity index (χ3v) is 12.7. The summed E-state index contributed by atoms with van der Waals surface area (Å²) in [6.07, 6.45) is 9.50. The van der Waals surface area contributed by atoms with E-state index in [-0.39, 0.29) is 41.7 Å². The molecule has 1 aromatic rings. The lowest BCUT2D eigenvalue weighted by Gasteiger charge is -2.65. The van der Waals surface area contributed by atoms with Crippen molar-refractivity contribution in [3.8, 4) is 0 Å². The highest BCUT2D eigenvalue weighted by Gasteiger charge is 2.67. The SMILES string of the molecule is C.C=C(CCC)C1=CCC(Cc2ccc3c(c2C)C(=C)C2=C(C)[C@@]4(C)C(=O)C(C(C)=O)=C(C)C[C@@]4(C)[C@H](C)[C@@]2(C)[C@@H]3C)=C1. The van der Waals surface area contributed by atoms with Crippen LogP contribution in [0, 0.1) is 29.1 Å². The average molecular weight is 579 g/mol. The summed E-state index contributed by atoms with van der Waals surface area (Å²) in [4.78, 5) is 27.1. The number of Topliss-reactive ketones (excluding diaryl/α,β-unsaturated/α-hetero) is 2. The number of carbonyl (C=O) groups is 2. The average Bonchev–Trinajstić information content (AvgIpc) is 3.39. The van der Waals surface area contributed by atoms with Crippen molar-refractivity contribution in [3.63, 3.8) is 0 Å². The van der Waals surface area contributed by atoms with Crippen LogP contribution >= 0.6 is 0 Å². The predicted molar refractivity (Wildman–Crippen MR) is 183 cm³/mol. The minimum Gasteiger partial charge on any atom is -0.294 e. The highest BCUT2D eigenvalue weighted by Crippen LogP contribution is 2.72. The topological polar surface area (TPSA) is 34.1 Å². The van der Waals surface area contributed by atoms with Crippen LogP contribution in [-0.2, 0) is 16.0 Å². The molecule has 2 nitrogen and oxygen atoms in total. The lowest BCUT2D eigenvalue weighted by atomic mass is 9.37. The first-order valence-electron chi connectivity index (χ1n) is 15.9. The zero-order valence-corrected chi connectivity index (χ0v) is 27.7. The van der Waals surface area contributed by atoms with Crippen molar-refractivity contribution in [3.05, 3.63) is 98.7 Å². The first-order valence-corrected chi connectivity index (χ1v) is 15.9. The number of allylic oxidation sites excluding steroid dienone is 10. The van der Waals surface area contributed by atoms with Crippen molar-refractivity contribution in [1.29, 1.82) is 0 Å². The van der Waals surface area contributed by atoms with Gasteiger partial charge in [-0.15, -0.1) is 0 Å². The number of fused-ring (bicyclic) bond motifs is 3. The molecule has 1 aromatic carbocycles. The van der Waals surface area contributed by atoms with Crippen LogP contribution in [-0.4, -0.2) is 11.6 Å². The van der Waals surface area contributed by atoms with E-state index in [2.05, 4.69) is 86.3 Å². The Morgan fingerprint density at radius 1 is 1.09 bits per heavy atom. The van der Waals surface area contributed by atoms with E-state index in [0.717, 1.165) is 48.8 Å². The van der Waals surface area contributed by atoms with Gasteiger partial charge in [0.2, 0.25) is 0 Å². The number of ketones is 2. The molecule has 0 heterocycles. The largest absolute Gasteiger partial charge is 0.294 e. The molecule has 0 aromatic heterocycles. The number of benzene rings is 1. The van der Waals surface area contributed by atoms with Crippen molar-refractivity contribution < 1.29 is 9.59 Å². The monoisotopic (exact) mass is 578 g/mol. The number of carbonyl (C=O) groups excluding carboxylic acids is 2. The van der Waals surface area contributed by atoms with Crippen LogP contribution in [0.5, 0.6) is 0 Å². The van der Waals surface area contributed by atoms with Gasteiger partial charge in [0.15, 0.2) is 11.6 Å². The van der Waals surface area contributed by atoms with Crippen LogP contribution in [0.4, 0.5) is 0 Å². The van der Waals surface area contributed by atoms with E-state index in [1.165, 1.54) is 44.5 Å². The summed E-state index contributed by atoms with van der Waals surface area (Å²) in [5.41, 5.74) is 12.8. The van der Waals surface area contributed by atoms with Gasteiger partial charge in [-0.2, -0.15) is 0 Å². The van der Waals surface area contributed by atoms with Gasteiger partial charge in [-0.1, -0.05) is 103 Å². The fraction of sp³-hybridized carbons (Fsp3) is 0.512. The molecule has 0 spiro atoms. The molecule has 0 amide bonds. The van der Waals surface area contributed by atoms with Gasteiger partial charge in [0.1, 0.15) is 0 Å². The Hall–Kier alpha value is -3.00. The first kappa shape index (κ1) is 32.9. The summed E-state index contributed by atoms with van der Waals surface area (Å²) < 4.78 is 0. The van der Waals surface area contributed by atoms with Gasteiger partial charge in [-0.05, 0) is 122 Å². The molecule has 0 unspecified atom stereocenters. The van der Waals surface area contributed by atoms with Crippen molar-refractivity contribution in [2.45, 2.75) is 115 Å². The minimum atomic E-state index is -0.759. The Labute approximate surface area is 261 Å². The summed E-state index contributed by atoms with van der Waals surface area (Å²) in [5.74, 6) is 0.346. The van der Waals surface area contributed by atoms with E-state index in [1.807, 2.05) is 6.92 Å². The summed E-state index contributed by atoms with van der Waals surface area (Å²) in [6, 6.07) is 4.71. The third kappa shape index (κ3) is 4.26. The molecule has 230 valence electrons. The summed E-state index contributed by atoms with van der Waals surface area (Å²) in [5, 5.41) is 0. The molecule has 43 heavy (non-hydrogen) atoms. The molecule has 0 saturated carbocycles. The van der Waals surface area contributed by atoms with Gasteiger partial charge in [0, 0.05) is 5.41 Å². The van der Waals surface area contributed by atoms with Gasteiger partial charge in [-0.3, -0.25) is 9.59 Å². The molecular weight excluding hydrogens is 524 g/mol. The number of hydrogen-bond donors (Lipinski definition) is 0. The normalized spacial score (nSPS) is 31.6. The van der Waals surface area contributed by atoms with Crippen molar-refractivity contribution in [2.75, 3.05) is 0 Å². The van der Waals surface area contributed by atoms with Gasteiger partial charge >= 0.3 is 0 Å². The van der Waals surface area contributed by atoms with E-state index >= 15 is 0 Å². The Morgan fingerprint density at radius 2 is 1.74 bits per heavy atom.